The average Bonchev–Trinajstić information content (AvgIpc) is 2.28. The zero-order chi connectivity index (χ0) is 12.9. The lowest BCUT2D eigenvalue weighted by atomic mass is 10.3. The van der Waals surface area contributed by atoms with Gasteiger partial charge in [-0.1, -0.05) is 0 Å². The standard InChI is InChI=1S/C11H16N2O3S/c1-2-13-11(14)7-8-17(15,16)10-5-3-9(12)4-6-10/h3-6H,2,7-8,12H2,1H3,(H,13,14). The van der Waals surface area contributed by atoms with Crippen molar-refractivity contribution in [3.8, 4) is 0 Å². The highest BCUT2D eigenvalue weighted by Gasteiger charge is 2.15. The lowest BCUT2D eigenvalue weighted by Crippen LogP contribution is -2.25. The van der Waals surface area contributed by atoms with Gasteiger partial charge in [-0.2, -0.15) is 0 Å². The topological polar surface area (TPSA) is 89.3 Å². The maximum Gasteiger partial charge on any atom is 0.221 e. The van der Waals surface area contributed by atoms with Crippen molar-refractivity contribution < 1.29 is 13.2 Å². The first-order valence-corrected chi connectivity index (χ1v) is 6.96. The van der Waals surface area contributed by atoms with Crippen molar-refractivity contribution in [1.29, 1.82) is 0 Å². The molecule has 0 saturated carbocycles. The van der Waals surface area contributed by atoms with E-state index in [1.807, 2.05) is 0 Å². The number of nitrogen functional groups attached to an aromatic ring is 1. The van der Waals surface area contributed by atoms with E-state index in [9.17, 15) is 13.2 Å². The minimum Gasteiger partial charge on any atom is -0.399 e. The quantitative estimate of drug-likeness (QED) is 0.754. The van der Waals surface area contributed by atoms with E-state index in [-0.39, 0.29) is 23.0 Å². The van der Waals surface area contributed by atoms with Crippen LogP contribution in [0.5, 0.6) is 0 Å². The fraction of sp³-hybridized carbons (Fsp3) is 0.364. The van der Waals surface area contributed by atoms with Crippen LogP contribution in [0.4, 0.5) is 5.69 Å². The van der Waals surface area contributed by atoms with E-state index in [4.69, 9.17) is 5.73 Å². The van der Waals surface area contributed by atoms with Gasteiger partial charge in [0.15, 0.2) is 9.84 Å². The van der Waals surface area contributed by atoms with Crippen LogP contribution in [-0.4, -0.2) is 26.6 Å². The second-order valence-electron chi connectivity index (χ2n) is 3.59. The maximum absolute atomic E-state index is 11.8. The zero-order valence-electron chi connectivity index (χ0n) is 9.64. The average molecular weight is 256 g/mol. The van der Waals surface area contributed by atoms with Gasteiger partial charge in [0.2, 0.25) is 5.91 Å². The molecule has 1 amide bonds. The summed E-state index contributed by atoms with van der Waals surface area (Å²) in [6.07, 6.45) is -0.0272. The molecule has 0 radical (unpaired) electrons. The summed E-state index contributed by atoms with van der Waals surface area (Å²) in [5.41, 5.74) is 5.98. The molecule has 0 saturated heterocycles. The number of hydrogen-bond donors (Lipinski definition) is 2. The number of amides is 1. The minimum atomic E-state index is -3.41. The molecular weight excluding hydrogens is 240 g/mol. The second kappa shape index (κ2) is 5.67. The van der Waals surface area contributed by atoms with E-state index >= 15 is 0 Å². The molecule has 1 rings (SSSR count). The minimum absolute atomic E-state index is 0.0272. The molecule has 6 heteroatoms. The third kappa shape index (κ3) is 4.07. The van der Waals surface area contributed by atoms with Gasteiger partial charge in [-0.05, 0) is 31.2 Å². The zero-order valence-corrected chi connectivity index (χ0v) is 10.5. The molecule has 0 aromatic heterocycles. The van der Waals surface area contributed by atoms with Crippen molar-refractivity contribution in [1.82, 2.24) is 5.32 Å². The molecule has 0 aliphatic rings. The van der Waals surface area contributed by atoms with Crippen LogP contribution in [0.2, 0.25) is 0 Å². The van der Waals surface area contributed by atoms with Crippen molar-refractivity contribution in [2.75, 3.05) is 18.0 Å². The lowest BCUT2D eigenvalue weighted by Gasteiger charge is -2.05. The highest BCUT2D eigenvalue weighted by atomic mass is 32.2. The van der Waals surface area contributed by atoms with Crippen molar-refractivity contribution >= 4 is 21.4 Å². The predicted octanol–water partition coefficient (Wildman–Crippen LogP) is 0.569. The van der Waals surface area contributed by atoms with Crippen molar-refractivity contribution in [3.63, 3.8) is 0 Å². The fourth-order valence-corrected chi connectivity index (χ4v) is 2.55. The van der Waals surface area contributed by atoms with Crippen LogP contribution in [0.1, 0.15) is 13.3 Å². The second-order valence-corrected chi connectivity index (χ2v) is 5.70. The number of nitrogens with two attached hydrogens (primary N) is 1. The predicted molar refractivity (Wildman–Crippen MR) is 66.2 cm³/mol. The number of anilines is 1. The van der Waals surface area contributed by atoms with Crippen LogP contribution in [0, 0.1) is 0 Å². The highest BCUT2D eigenvalue weighted by Crippen LogP contribution is 2.14. The molecule has 0 atom stereocenters. The molecule has 3 N–H and O–H groups in total. The molecular formula is C11H16N2O3S. The van der Waals surface area contributed by atoms with E-state index in [2.05, 4.69) is 5.32 Å². The van der Waals surface area contributed by atoms with Crippen LogP contribution in [0.15, 0.2) is 29.2 Å². The Bertz CT molecular complexity index is 480. The Morgan fingerprint density at radius 2 is 1.88 bits per heavy atom. The molecule has 5 nitrogen and oxygen atoms in total. The Balaban J connectivity index is 2.69. The summed E-state index contributed by atoms with van der Waals surface area (Å²) in [5.74, 6) is -0.450. The molecule has 0 fully saturated rings. The summed E-state index contributed by atoms with van der Waals surface area (Å²) >= 11 is 0. The van der Waals surface area contributed by atoms with Gasteiger partial charge in [-0.15, -0.1) is 0 Å². The van der Waals surface area contributed by atoms with Crippen LogP contribution in [-0.2, 0) is 14.6 Å². The van der Waals surface area contributed by atoms with Gasteiger partial charge in [-0.25, -0.2) is 8.42 Å². The summed E-state index contributed by atoms with van der Waals surface area (Å²) in [6, 6.07) is 5.95. The molecule has 0 spiro atoms. The Kier molecular flexibility index (Phi) is 4.51. The molecule has 1 aromatic carbocycles. The Labute approximate surface area is 101 Å². The molecule has 0 bridgehead atoms. The van der Waals surface area contributed by atoms with Crippen LogP contribution < -0.4 is 11.1 Å². The SMILES string of the molecule is CCNC(=O)CCS(=O)(=O)c1ccc(N)cc1. The summed E-state index contributed by atoms with van der Waals surface area (Å²) in [6.45, 7) is 2.28. The van der Waals surface area contributed by atoms with E-state index in [1.54, 1.807) is 6.92 Å². The van der Waals surface area contributed by atoms with Crippen molar-refractivity contribution in [2.45, 2.75) is 18.2 Å². The van der Waals surface area contributed by atoms with E-state index in [0.29, 0.717) is 12.2 Å². The number of rotatable bonds is 5. The number of benzene rings is 1. The summed E-state index contributed by atoms with van der Waals surface area (Å²) in [5, 5.41) is 2.56. The highest BCUT2D eigenvalue weighted by molar-refractivity contribution is 7.91. The van der Waals surface area contributed by atoms with Gasteiger partial charge >= 0.3 is 0 Å². The molecule has 17 heavy (non-hydrogen) atoms. The first-order valence-electron chi connectivity index (χ1n) is 5.30. The van der Waals surface area contributed by atoms with Crippen LogP contribution in [0.25, 0.3) is 0 Å². The maximum atomic E-state index is 11.8. The normalized spacial score (nSPS) is 11.1. The summed E-state index contributed by atoms with van der Waals surface area (Å²) in [7, 11) is -3.41. The van der Waals surface area contributed by atoms with E-state index in [0.717, 1.165) is 0 Å². The Hall–Kier alpha value is -1.56. The molecule has 1 aromatic rings. The van der Waals surface area contributed by atoms with Crippen molar-refractivity contribution in [3.05, 3.63) is 24.3 Å². The molecule has 0 aliphatic carbocycles. The number of sulfone groups is 1. The monoisotopic (exact) mass is 256 g/mol. The smallest absolute Gasteiger partial charge is 0.221 e. The van der Waals surface area contributed by atoms with Gasteiger partial charge in [0.1, 0.15) is 0 Å². The van der Waals surface area contributed by atoms with E-state index in [1.165, 1.54) is 24.3 Å². The number of hydrogen-bond acceptors (Lipinski definition) is 4. The number of carbonyl (C=O) groups is 1. The van der Waals surface area contributed by atoms with Gasteiger partial charge in [0, 0.05) is 18.7 Å². The molecule has 94 valence electrons. The third-order valence-corrected chi connectivity index (χ3v) is 3.94. The van der Waals surface area contributed by atoms with Crippen LogP contribution >= 0.6 is 0 Å². The molecule has 0 aliphatic heterocycles. The molecule has 0 unspecified atom stereocenters. The first kappa shape index (κ1) is 13.5. The lowest BCUT2D eigenvalue weighted by molar-refractivity contribution is -0.120. The largest absolute Gasteiger partial charge is 0.399 e. The Morgan fingerprint density at radius 1 is 1.29 bits per heavy atom. The summed E-state index contributed by atoms with van der Waals surface area (Å²) < 4.78 is 23.7. The Morgan fingerprint density at radius 3 is 2.41 bits per heavy atom. The molecule has 0 heterocycles. The van der Waals surface area contributed by atoms with E-state index < -0.39 is 9.84 Å². The van der Waals surface area contributed by atoms with Crippen LogP contribution in [0.3, 0.4) is 0 Å². The van der Waals surface area contributed by atoms with Gasteiger partial charge in [0.05, 0.1) is 10.6 Å². The summed E-state index contributed by atoms with van der Waals surface area (Å²) in [4.78, 5) is 11.4. The van der Waals surface area contributed by atoms with Gasteiger partial charge in [-0.3, -0.25) is 4.79 Å². The third-order valence-electron chi connectivity index (χ3n) is 2.21. The number of nitrogens with one attached hydrogen (secondary N) is 1. The van der Waals surface area contributed by atoms with Gasteiger partial charge in [0.25, 0.3) is 0 Å². The first-order chi connectivity index (χ1) is 7.95. The number of carbonyl (C=O) groups excluding carboxylic acids is 1. The van der Waals surface area contributed by atoms with Crippen molar-refractivity contribution in [2.24, 2.45) is 0 Å². The van der Waals surface area contributed by atoms with Gasteiger partial charge < -0.3 is 11.1 Å². The fourth-order valence-electron chi connectivity index (χ4n) is 1.31.